The lowest BCUT2D eigenvalue weighted by atomic mass is 10.1. The number of amides is 1. The van der Waals surface area contributed by atoms with Gasteiger partial charge in [0.2, 0.25) is 5.91 Å². The molecular formula is C11H11IN2O3S. The Hall–Kier alpha value is -0.800. The molecule has 0 saturated carbocycles. The molecule has 1 aliphatic heterocycles. The van der Waals surface area contributed by atoms with Crippen molar-refractivity contribution < 1.29 is 14.7 Å². The average Bonchev–Trinajstić information content (AvgIpc) is 2.84. The van der Waals surface area contributed by atoms with Crippen LogP contribution in [0.2, 0.25) is 0 Å². The minimum absolute atomic E-state index is 0.112. The molecule has 1 unspecified atom stereocenters. The lowest BCUT2D eigenvalue weighted by molar-refractivity contribution is -0.117. The summed E-state index contributed by atoms with van der Waals surface area (Å²) in [4.78, 5) is 23.0. The molecule has 7 heteroatoms. The van der Waals surface area contributed by atoms with Gasteiger partial charge in [0.05, 0.1) is 17.3 Å². The fraction of sp³-hybridized carbons (Fsp3) is 0.273. The standard InChI is InChI=1S/C11H11IN2O3S/c12-6-1-2-8(7(3-6)11(16)17)14-10(15)9-4-18-5-13-9/h1-3,9,13H,4-5H2,(H,14,15)(H,16,17). The van der Waals surface area contributed by atoms with Crippen molar-refractivity contribution in [3.05, 3.63) is 27.3 Å². The van der Waals surface area contributed by atoms with E-state index in [4.69, 9.17) is 5.11 Å². The zero-order valence-electron chi connectivity index (χ0n) is 9.27. The van der Waals surface area contributed by atoms with Crippen molar-refractivity contribution in [2.45, 2.75) is 6.04 Å². The molecule has 0 aliphatic carbocycles. The first-order valence-electron chi connectivity index (χ1n) is 5.23. The Morgan fingerprint density at radius 3 is 2.89 bits per heavy atom. The predicted molar refractivity (Wildman–Crippen MR) is 79.0 cm³/mol. The monoisotopic (exact) mass is 378 g/mol. The second-order valence-corrected chi connectivity index (χ2v) is 6.03. The van der Waals surface area contributed by atoms with Gasteiger partial charge < -0.3 is 10.4 Å². The number of aromatic carboxylic acids is 1. The Morgan fingerprint density at radius 2 is 2.28 bits per heavy atom. The molecule has 1 fully saturated rings. The number of thioether (sulfide) groups is 1. The zero-order valence-corrected chi connectivity index (χ0v) is 12.2. The Bertz CT molecular complexity index is 489. The highest BCUT2D eigenvalue weighted by molar-refractivity contribution is 14.1. The fourth-order valence-corrected chi connectivity index (χ4v) is 3.02. The maximum absolute atomic E-state index is 11.9. The van der Waals surface area contributed by atoms with Gasteiger partial charge in [0.25, 0.3) is 0 Å². The van der Waals surface area contributed by atoms with E-state index in [-0.39, 0.29) is 17.5 Å². The van der Waals surface area contributed by atoms with Gasteiger partial charge >= 0.3 is 5.97 Å². The maximum Gasteiger partial charge on any atom is 0.337 e. The van der Waals surface area contributed by atoms with E-state index >= 15 is 0 Å². The van der Waals surface area contributed by atoms with Crippen LogP contribution in [0.5, 0.6) is 0 Å². The van der Waals surface area contributed by atoms with Crippen molar-refractivity contribution in [3.63, 3.8) is 0 Å². The molecule has 1 atom stereocenters. The highest BCUT2D eigenvalue weighted by Gasteiger charge is 2.23. The first-order chi connectivity index (χ1) is 8.58. The van der Waals surface area contributed by atoms with E-state index in [9.17, 15) is 9.59 Å². The van der Waals surface area contributed by atoms with Crippen LogP contribution in [0.1, 0.15) is 10.4 Å². The van der Waals surface area contributed by atoms with Crippen LogP contribution >= 0.6 is 34.4 Å². The largest absolute Gasteiger partial charge is 0.478 e. The van der Waals surface area contributed by atoms with Gasteiger partial charge in [0.15, 0.2) is 0 Å². The molecule has 0 spiro atoms. The topological polar surface area (TPSA) is 78.4 Å². The van der Waals surface area contributed by atoms with Gasteiger partial charge in [-0.25, -0.2) is 4.79 Å². The number of anilines is 1. The molecule has 1 aromatic rings. The SMILES string of the molecule is O=C(O)c1cc(I)ccc1NC(=O)C1CSCN1. The van der Waals surface area contributed by atoms with E-state index < -0.39 is 5.97 Å². The van der Waals surface area contributed by atoms with Gasteiger partial charge in [-0.05, 0) is 40.8 Å². The minimum Gasteiger partial charge on any atom is -0.478 e. The lowest BCUT2D eigenvalue weighted by Crippen LogP contribution is -2.37. The smallest absolute Gasteiger partial charge is 0.337 e. The number of carboxylic acids is 1. The summed E-state index contributed by atoms with van der Waals surface area (Å²) in [6, 6.07) is 4.66. The molecule has 1 aliphatic rings. The number of halogens is 1. The minimum atomic E-state index is -1.04. The molecule has 96 valence electrons. The molecule has 0 radical (unpaired) electrons. The van der Waals surface area contributed by atoms with Gasteiger partial charge in [-0.1, -0.05) is 0 Å². The van der Waals surface area contributed by atoms with Crippen LogP contribution in [-0.4, -0.2) is 34.7 Å². The number of nitrogens with one attached hydrogen (secondary N) is 2. The predicted octanol–water partition coefficient (Wildman–Crippen LogP) is 1.59. The highest BCUT2D eigenvalue weighted by Crippen LogP contribution is 2.20. The van der Waals surface area contributed by atoms with Gasteiger partial charge in [-0.2, -0.15) is 0 Å². The Balaban J connectivity index is 2.17. The number of carbonyl (C=O) groups is 2. The molecule has 5 nitrogen and oxygen atoms in total. The third-order valence-corrected chi connectivity index (χ3v) is 4.11. The fourth-order valence-electron chi connectivity index (χ4n) is 1.59. The van der Waals surface area contributed by atoms with Crippen LogP contribution in [0.15, 0.2) is 18.2 Å². The lowest BCUT2D eigenvalue weighted by Gasteiger charge is -2.12. The second kappa shape index (κ2) is 5.89. The number of benzene rings is 1. The van der Waals surface area contributed by atoms with Crippen molar-refractivity contribution >= 4 is 51.9 Å². The number of carbonyl (C=O) groups excluding carboxylic acids is 1. The first-order valence-corrected chi connectivity index (χ1v) is 7.46. The number of hydrogen-bond donors (Lipinski definition) is 3. The Labute approximate surface area is 122 Å². The van der Waals surface area contributed by atoms with Crippen LogP contribution in [0.3, 0.4) is 0 Å². The summed E-state index contributed by atoms with van der Waals surface area (Å²) in [7, 11) is 0. The van der Waals surface area contributed by atoms with Crippen molar-refractivity contribution in [2.75, 3.05) is 16.9 Å². The van der Waals surface area contributed by atoms with Crippen LogP contribution in [0, 0.1) is 3.57 Å². The molecule has 2 rings (SSSR count). The van der Waals surface area contributed by atoms with Crippen molar-refractivity contribution in [1.82, 2.24) is 5.32 Å². The summed E-state index contributed by atoms with van der Waals surface area (Å²) >= 11 is 3.68. The van der Waals surface area contributed by atoms with E-state index in [1.807, 2.05) is 22.6 Å². The molecule has 1 amide bonds. The normalized spacial score (nSPS) is 18.6. The Morgan fingerprint density at radius 1 is 1.50 bits per heavy atom. The van der Waals surface area contributed by atoms with Crippen molar-refractivity contribution in [3.8, 4) is 0 Å². The summed E-state index contributed by atoms with van der Waals surface area (Å²) in [5.41, 5.74) is 0.451. The summed E-state index contributed by atoms with van der Waals surface area (Å²) in [5, 5.41) is 14.8. The molecule has 1 saturated heterocycles. The Kier molecular flexibility index (Phi) is 4.46. The van der Waals surface area contributed by atoms with E-state index in [0.29, 0.717) is 11.4 Å². The van der Waals surface area contributed by atoms with Gasteiger partial charge in [0.1, 0.15) is 0 Å². The van der Waals surface area contributed by atoms with Crippen LogP contribution in [0.25, 0.3) is 0 Å². The molecular weight excluding hydrogens is 367 g/mol. The molecule has 3 N–H and O–H groups in total. The summed E-state index contributed by atoms with van der Waals surface area (Å²) < 4.78 is 0.817. The number of rotatable bonds is 3. The van der Waals surface area contributed by atoms with Crippen LogP contribution < -0.4 is 10.6 Å². The highest BCUT2D eigenvalue weighted by atomic mass is 127. The molecule has 1 heterocycles. The van der Waals surface area contributed by atoms with E-state index in [2.05, 4.69) is 10.6 Å². The van der Waals surface area contributed by atoms with Gasteiger partial charge in [-0.15, -0.1) is 11.8 Å². The van der Waals surface area contributed by atoms with Crippen LogP contribution in [0.4, 0.5) is 5.69 Å². The van der Waals surface area contributed by atoms with Gasteiger partial charge in [0, 0.05) is 15.2 Å². The average molecular weight is 378 g/mol. The maximum atomic E-state index is 11.9. The summed E-state index contributed by atoms with van der Waals surface area (Å²) in [6.45, 7) is 0. The second-order valence-electron chi connectivity index (χ2n) is 3.76. The van der Waals surface area contributed by atoms with Crippen LogP contribution in [-0.2, 0) is 4.79 Å². The van der Waals surface area contributed by atoms with E-state index in [0.717, 1.165) is 9.45 Å². The van der Waals surface area contributed by atoms with E-state index in [1.165, 1.54) is 6.07 Å². The van der Waals surface area contributed by atoms with E-state index in [1.54, 1.807) is 23.9 Å². The van der Waals surface area contributed by atoms with Crippen molar-refractivity contribution in [2.24, 2.45) is 0 Å². The number of carboxylic acid groups (broad SMARTS) is 1. The van der Waals surface area contributed by atoms with Crippen molar-refractivity contribution in [1.29, 1.82) is 0 Å². The third-order valence-electron chi connectivity index (χ3n) is 2.50. The number of hydrogen-bond acceptors (Lipinski definition) is 4. The third kappa shape index (κ3) is 3.15. The molecule has 0 aromatic heterocycles. The first kappa shape index (κ1) is 13.6. The van der Waals surface area contributed by atoms with Gasteiger partial charge in [-0.3, -0.25) is 10.1 Å². The summed E-state index contributed by atoms with van der Waals surface area (Å²) in [5.74, 6) is 0.219. The molecule has 1 aromatic carbocycles. The summed E-state index contributed by atoms with van der Waals surface area (Å²) in [6.07, 6.45) is 0. The molecule has 0 bridgehead atoms. The zero-order chi connectivity index (χ0) is 13.1. The molecule has 18 heavy (non-hydrogen) atoms. The quantitative estimate of drug-likeness (QED) is 0.697.